The SMILES string of the molecule is C[C@@H](C(=O)NCCn1ccc2ccc(Br)cc21)N1Cc2ccccc2C1=O. The second kappa shape index (κ2) is 7.19. The molecule has 0 aliphatic carbocycles. The molecule has 1 aliphatic heterocycles. The predicted octanol–water partition coefficient (Wildman–Crippen LogP) is 3.56. The van der Waals surface area contributed by atoms with Crippen LogP contribution in [0.5, 0.6) is 0 Å². The predicted molar refractivity (Wildman–Crippen MR) is 108 cm³/mol. The van der Waals surface area contributed by atoms with Crippen LogP contribution in [0.15, 0.2) is 59.2 Å². The number of carbonyl (C=O) groups is 2. The Hall–Kier alpha value is -2.60. The second-order valence-electron chi connectivity index (χ2n) is 6.77. The van der Waals surface area contributed by atoms with E-state index in [4.69, 9.17) is 0 Å². The molecule has 1 N–H and O–H groups in total. The van der Waals surface area contributed by atoms with E-state index < -0.39 is 6.04 Å². The van der Waals surface area contributed by atoms with Crippen molar-refractivity contribution in [3.8, 4) is 0 Å². The number of benzene rings is 2. The topological polar surface area (TPSA) is 54.3 Å². The summed E-state index contributed by atoms with van der Waals surface area (Å²) in [7, 11) is 0. The molecule has 0 radical (unpaired) electrons. The van der Waals surface area contributed by atoms with E-state index in [0.717, 1.165) is 15.6 Å². The average Bonchev–Trinajstić information content (AvgIpc) is 3.22. The number of aromatic nitrogens is 1. The van der Waals surface area contributed by atoms with E-state index in [2.05, 4.69) is 44.0 Å². The van der Waals surface area contributed by atoms with Gasteiger partial charge in [-0.1, -0.05) is 40.2 Å². The van der Waals surface area contributed by atoms with Crippen LogP contribution in [-0.4, -0.2) is 33.9 Å². The molecular formula is C21H20BrN3O2. The van der Waals surface area contributed by atoms with Crippen molar-refractivity contribution in [2.75, 3.05) is 6.54 Å². The Kier molecular flexibility index (Phi) is 4.74. The Bertz CT molecular complexity index is 1030. The fraction of sp³-hybridized carbons (Fsp3) is 0.238. The van der Waals surface area contributed by atoms with Gasteiger partial charge in [-0.15, -0.1) is 0 Å². The van der Waals surface area contributed by atoms with Crippen LogP contribution >= 0.6 is 15.9 Å². The minimum atomic E-state index is -0.500. The number of nitrogens with one attached hydrogen (secondary N) is 1. The molecule has 0 spiro atoms. The first-order chi connectivity index (χ1) is 13.0. The molecule has 1 atom stereocenters. The maximum Gasteiger partial charge on any atom is 0.255 e. The molecule has 1 aliphatic rings. The maximum atomic E-state index is 12.6. The van der Waals surface area contributed by atoms with Gasteiger partial charge in [0.25, 0.3) is 5.91 Å². The summed E-state index contributed by atoms with van der Waals surface area (Å²) >= 11 is 3.50. The first-order valence-electron chi connectivity index (χ1n) is 8.95. The highest BCUT2D eigenvalue weighted by atomic mass is 79.9. The smallest absolute Gasteiger partial charge is 0.255 e. The maximum absolute atomic E-state index is 12.6. The van der Waals surface area contributed by atoms with Gasteiger partial charge in [0.1, 0.15) is 6.04 Å². The molecule has 4 rings (SSSR count). The van der Waals surface area contributed by atoms with Crippen molar-refractivity contribution in [3.05, 3.63) is 70.3 Å². The van der Waals surface area contributed by atoms with Crippen molar-refractivity contribution < 1.29 is 9.59 Å². The van der Waals surface area contributed by atoms with Gasteiger partial charge < -0.3 is 14.8 Å². The van der Waals surface area contributed by atoms with E-state index in [0.29, 0.717) is 25.2 Å². The van der Waals surface area contributed by atoms with Gasteiger partial charge in [-0.3, -0.25) is 9.59 Å². The van der Waals surface area contributed by atoms with Gasteiger partial charge in [0, 0.05) is 41.4 Å². The molecule has 27 heavy (non-hydrogen) atoms. The number of halogens is 1. The Balaban J connectivity index is 1.37. The number of amides is 2. The molecule has 6 heteroatoms. The van der Waals surface area contributed by atoms with Gasteiger partial charge in [-0.25, -0.2) is 0 Å². The summed E-state index contributed by atoms with van der Waals surface area (Å²) in [5.74, 6) is -0.205. The molecule has 5 nitrogen and oxygen atoms in total. The third-order valence-electron chi connectivity index (χ3n) is 5.08. The summed E-state index contributed by atoms with van der Waals surface area (Å²) in [6, 6.07) is 15.2. The van der Waals surface area contributed by atoms with Crippen LogP contribution in [0, 0.1) is 0 Å². The van der Waals surface area contributed by atoms with Crippen LogP contribution < -0.4 is 5.32 Å². The quantitative estimate of drug-likeness (QED) is 0.679. The molecule has 138 valence electrons. The zero-order chi connectivity index (χ0) is 19.0. The van der Waals surface area contributed by atoms with Gasteiger partial charge in [0.15, 0.2) is 0 Å². The minimum Gasteiger partial charge on any atom is -0.353 e. The molecule has 0 saturated heterocycles. The largest absolute Gasteiger partial charge is 0.353 e. The zero-order valence-corrected chi connectivity index (χ0v) is 16.6. The van der Waals surface area contributed by atoms with Crippen LogP contribution in [0.3, 0.4) is 0 Å². The summed E-state index contributed by atoms with van der Waals surface area (Å²) in [5.41, 5.74) is 2.80. The van der Waals surface area contributed by atoms with Crippen molar-refractivity contribution in [1.29, 1.82) is 0 Å². The van der Waals surface area contributed by atoms with Gasteiger partial charge in [-0.2, -0.15) is 0 Å². The Morgan fingerprint density at radius 3 is 2.85 bits per heavy atom. The van der Waals surface area contributed by atoms with Crippen molar-refractivity contribution in [2.24, 2.45) is 0 Å². The average molecular weight is 426 g/mol. The fourth-order valence-electron chi connectivity index (χ4n) is 3.53. The van der Waals surface area contributed by atoms with Crippen LogP contribution in [0.4, 0.5) is 0 Å². The molecule has 0 bridgehead atoms. The van der Waals surface area contributed by atoms with Crippen LogP contribution in [0.2, 0.25) is 0 Å². The van der Waals surface area contributed by atoms with E-state index in [1.807, 2.05) is 36.5 Å². The third kappa shape index (κ3) is 3.37. The van der Waals surface area contributed by atoms with E-state index in [-0.39, 0.29) is 11.8 Å². The van der Waals surface area contributed by atoms with Crippen molar-refractivity contribution >= 4 is 38.6 Å². The van der Waals surface area contributed by atoms with E-state index >= 15 is 0 Å². The second-order valence-corrected chi connectivity index (χ2v) is 7.69. The molecule has 0 unspecified atom stereocenters. The summed E-state index contributed by atoms with van der Waals surface area (Å²) in [6.07, 6.45) is 2.02. The van der Waals surface area contributed by atoms with Gasteiger partial charge >= 0.3 is 0 Å². The highest BCUT2D eigenvalue weighted by Crippen LogP contribution is 2.24. The third-order valence-corrected chi connectivity index (χ3v) is 5.58. The summed E-state index contributed by atoms with van der Waals surface area (Å²) in [5, 5.41) is 4.12. The Morgan fingerprint density at radius 1 is 1.22 bits per heavy atom. The minimum absolute atomic E-state index is 0.0745. The number of hydrogen-bond acceptors (Lipinski definition) is 2. The summed E-state index contributed by atoms with van der Waals surface area (Å²) in [4.78, 5) is 26.7. The van der Waals surface area contributed by atoms with Crippen LogP contribution in [0.25, 0.3) is 10.9 Å². The van der Waals surface area contributed by atoms with E-state index in [9.17, 15) is 9.59 Å². The monoisotopic (exact) mass is 425 g/mol. The number of fused-ring (bicyclic) bond motifs is 2. The number of rotatable bonds is 5. The lowest BCUT2D eigenvalue weighted by molar-refractivity contribution is -0.125. The lowest BCUT2D eigenvalue weighted by Crippen LogP contribution is -2.45. The number of carbonyl (C=O) groups excluding carboxylic acids is 2. The lowest BCUT2D eigenvalue weighted by Gasteiger charge is -2.23. The van der Waals surface area contributed by atoms with Crippen LogP contribution in [-0.2, 0) is 17.9 Å². The summed E-state index contributed by atoms with van der Waals surface area (Å²) in [6.45, 7) is 3.45. The first kappa shape index (κ1) is 17.8. The number of nitrogens with zero attached hydrogens (tertiary/aromatic N) is 2. The van der Waals surface area contributed by atoms with Gasteiger partial charge in [0.2, 0.25) is 5.91 Å². The molecule has 1 aromatic heterocycles. The molecule has 2 aromatic carbocycles. The molecule has 2 amide bonds. The highest BCUT2D eigenvalue weighted by Gasteiger charge is 2.33. The molecule has 3 aromatic rings. The molecule has 0 fully saturated rings. The normalized spacial score (nSPS) is 14.4. The molecule has 0 saturated carbocycles. The van der Waals surface area contributed by atoms with Crippen LogP contribution in [0.1, 0.15) is 22.8 Å². The first-order valence-corrected chi connectivity index (χ1v) is 9.75. The van der Waals surface area contributed by atoms with Crippen molar-refractivity contribution in [2.45, 2.75) is 26.1 Å². The van der Waals surface area contributed by atoms with E-state index in [1.54, 1.807) is 11.8 Å². The number of hydrogen-bond donors (Lipinski definition) is 1. The Labute approximate surface area is 166 Å². The molecule has 2 heterocycles. The lowest BCUT2D eigenvalue weighted by atomic mass is 10.1. The van der Waals surface area contributed by atoms with Gasteiger partial charge in [-0.05, 0) is 42.1 Å². The highest BCUT2D eigenvalue weighted by molar-refractivity contribution is 9.10. The zero-order valence-electron chi connectivity index (χ0n) is 15.0. The standard InChI is InChI=1S/C21H20BrN3O2/c1-14(25-13-16-4-2-3-5-18(16)21(25)27)20(26)23-9-11-24-10-8-15-6-7-17(22)12-19(15)24/h2-8,10,12,14H,9,11,13H2,1H3,(H,23,26)/t14-/m0/s1. The Morgan fingerprint density at radius 2 is 2.04 bits per heavy atom. The van der Waals surface area contributed by atoms with Gasteiger partial charge in [0.05, 0.1) is 0 Å². The summed E-state index contributed by atoms with van der Waals surface area (Å²) < 4.78 is 3.14. The fourth-order valence-corrected chi connectivity index (χ4v) is 3.88. The van der Waals surface area contributed by atoms with Crippen molar-refractivity contribution in [3.63, 3.8) is 0 Å². The van der Waals surface area contributed by atoms with E-state index in [1.165, 1.54) is 5.39 Å². The molecular weight excluding hydrogens is 406 g/mol. The van der Waals surface area contributed by atoms with Crippen molar-refractivity contribution in [1.82, 2.24) is 14.8 Å².